The van der Waals surface area contributed by atoms with Crippen LogP contribution in [-0.2, 0) is 26.2 Å². The van der Waals surface area contributed by atoms with Crippen molar-refractivity contribution in [2.24, 2.45) is 17.8 Å². The van der Waals surface area contributed by atoms with Crippen molar-refractivity contribution in [2.75, 3.05) is 11.9 Å². The second kappa shape index (κ2) is 11.3. The summed E-state index contributed by atoms with van der Waals surface area (Å²) in [6.07, 6.45) is 1.39. The minimum absolute atomic E-state index is 0.0347. The van der Waals surface area contributed by atoms with E-state index in [4.69, 9.17) is 4.74 Å². The lowest BCUT2D eigenvalue weighted by Gasteiger charge is -2.27. The van der Waals surface area contributed by atoms with E-state index in [1.54, 1.807) is 4.72 Å². The number of alkyl carbamates (subject to hydrolysis) is 1. The number of hydrogen-bond donors (Lipinski definition) is 3. The van der Waals surface area contributed by atoms with Gasteiger partial charge in [-0.05, 0) is 61.1 Å². The number of aromatic nitrogens is 1. The molecule has 0 radical (unpaired) electrons. The fourth-order valence-corrected chi connectivity index (χ4v) is 5.14. The van der Waals surface area contributed by atoms with Crippen molar-refractivity contribution in [2.45, 2.75) is 49.7 Å². The van der Waals surface area contributed by atoms with Crippen molar-refractivity contribution in [3.8, 4) is 0 Å². The number of carbonyl (C=O) groups excluding carboxylic acids is 2. The van der Waals surface area contributed by atoms with E-state index in [0.717, 1.165) is 43.5 Å². The number of alkyl halides is 2. The standard InChI is InChI=1S/C24H28F2N4O5S/c25-19(26)13-28-36(33,34)18-10-11-20(27-12-18)29-23(31)22(21(16-6-7-16)17-8-9-17)30-24(32)35-14-15-4-2-1-3-5-15/h1-5,10-12,16-17,19,21-22,28H,6-9,13-14H2,(H,30,32)(H,27,29,31)/t22-/m0/s1. The van der Waals surface area contributed by atoms with E-state index in [2.05, 4.69) is 15.6 Å². The Kier molecular flexibility index (Phi) is 8.14. The Morgan fingerprint density at radius 2 is 1.69 bits per heavy atom. The van der Waals surface area contributed by atoms with E-state index in [1.165, 1.54) is 6.07 Å². The predicted octanol–water partition coefficient (Wildman–Crippen LogP) is 3.29. The first-order valence-electron chi connectivity index (χ1n) is 11.7. The molecule has 2 amide bonds. The average Bonchev–Trinajstić information content (AvgIpc) is 3.78. The van der Waals surface area contributed by atoms with Crippen LogP contribution in [0.4, 0.5) is 19.4 Å². The normalized spacial score (nSPS) is 16.6. The van der Waals surface area contributed by atoms with Crippen LogP contribution in [0.25, 0.3) is 0 Å². The highest BCUT2D eigenvalue weighted by molar-refractivity contribution is 7.89. The molecule has 9 nitrogen and oxygen atoms in total. The van der Waals surface area contributed by atoms with Crippen molar-refractivity contribution < 1.29 is 31.5 Å². The van der Waals surface area contributed by atoms with Gasteiger partial charge in [0, 0.05) is 6.20 Å². The zero-order chi connectivity index (χ0) is 25.7. The third kappa shape index (κ3) is 7.20. The first-order valence-corrected chi connectivity index (χ1v) is 13.2. The maximum absolute atomic E-state index is 13.3. The van der Waals surface area contributed by atoms with Gasteiger partial charge in [-0.1, -0.05) is 30.3 Å². The van der Waals surface area contributed by atoms with Gasteiger partial charge in [0.2, 0.25) is 15.9 Å². The van der Waals surface area contributed by atoms with Crippen LogP contribution in [0.15, 0.2) is 53.6 Å². The Hall–Kier alpha value is -3.12. The van der Waals surface area contributed by atoms with Crippen molar-refractivity contribution >= 4 is 27.8 Å². The summed E-state index contributed by atoms with van der Waals surface area (Å²) >= 11 is 0. The molecule has 2 aromatic rings. The molecule has 0 unspecified atom stereocenters. The quantitative estimate of drug-likeness (QED) is 0.393. The van der Waals surface area contributed by atoms with Gasteiger partial charge in [-0.2, -0.15) is 0 Å². The molecule has 4 rings (SSSR count). The van der Waals surface area contributed by atoms with Crippen molar-refractivity contribution in [1.29, 1.82) is 0 Å². The van der Waals surface area contributed by atoms with E-state index in [-0.39, 0.29) is 23.2 Å². The summed E-state index contributed by atoms with van der Waals surface area (Å²) in [5.74, 6) is 0.234. The van der Waals surface area contributed by atoms with Crippen LogP contribution in [0.5, 0.6) is 0 Å². The van der Waals surface area contributed by atoms with Gasteiger partial charge in [-0.3, -0.25) is 4.79 Å². The first-order chi connectivity index (χ1) is 17.2. The summed E-state index contributed by atoms with van der Waals surface area (Å²) in [7, 11) is -4.16. The van der Waals surface area contributed by atoms with E-state index in [1.807, 2.05) is 30.3 Å². The van der Waals surface area contributed by atoms with Gasteiger partial charge in [0.1, 0.15) is 23.4 Å². The van der Waals surface area contributed by atoms with Gasteiger partial charge in [-0.15, -0.1) is 0 Å². The molecule has 36 heavy (non-hydrogen) atoms. The number of carbonyl (C=O) groups is 2. The molecule has 3 N–H and O–H groups in total. The van der Waals surface area contributed by atoms with Crippen LogP contribution < -0.4 is 15.4 Å². The smallest absolute Gasteiger partial charge is 0.408 e. The highest BCUT2D eigenvalue weighted by atomic mass is 32.2. The van der Waals surface area contributed by atoms with Crippen LogP contribution in [0.2, 0.25) is 0 Å². The second-order valence-electron chi connectivity index (χ2n) is 9.05. The summed E-state index contributed by atoms with van der Waals surface area (Å²) in [5.41, 5.74) is 0.817. The molecule has 2 saturated carbocycles. The summed E-state index contributed by atoms with van der Waals surface area (Å²) in [6, 6.07) is 10.8. The lowest BCUT2D eigenvalue weighted by atomic mass is 9.89. The fourth-order valence-electron chi connectivity index (χ4n) is 4.19. The maximum Gasteiger partial charge on any atom is 0.408 e. The number of benzene rings is 1. The Bertz CT molecular complexity index is 1140. The highest BCUT2D eigenvalue weighted by Gasteiger charge is 2.48. The van der Waals surface area contributed by atoms with Crippen LogP contribution in [0, 0.1) is 17.8 Å². The van der Waals surface area contributed by atoms with Crippen LogP contribution >= 0.6 is 0 Å². The summed E-state index contributed by atoms with van der Waals surface area (Å²) in [6.45, 7) is -0.951. The van der Waals surface area contributed by atoms with Gasteiger partial charge in [-0.25, -0.2) is 31.7 Å². The van der Waals surface area contributed by atoms with E-state index in [0.29, 0.717) is 11.8 Å². The summed E-state index contributed by atoms with van der Waals surface area (Å²) in [4.78, 5) is 29.5. The predicted molar refractivity (Wildman–Crippen MR) is 127 cm³/mol. The zero-order valence-corrected chi connectivity index (χ0v) is 20.2. The van der Waals surface area contributed by atoms with Crippen molar-refractivity contribution in [3.63, 3.8) is 0 Å². The number of hydrogen-bond acceptors (Lipinski definition) is 6. The van der Waals surface area contributed by atoms with Crippen molar-refractivity contribution in [1.82, 2.24) is 15.0 Å². The van der Waals surface area contributed by atoms with E-state index < -0.39 is 41.0 Å². The molecule has 1 atom stereocenters. The lowest BCUT2D eigenvalue weighted by molar-refractivity contribution is -0.119. The molecule has 0 bridgehead atoms. The molecule has 1 heterocycles. The Labute approximate surface area is 208 Å². The van der Waals surface area contributed by atoms with E-state index in [9.17, 15) is 26.8 Å². The number of nitrogens with one attached hydrogen (secondary N) is 3. The molecule has 0 spiro atoms. The topological polar surface area (TPSA) is 126 Å². The van der Waals surface area contributed by atoms with Gasteiger partial charge >= 0.3 is 6.09 Å². The van der Waals surface area contributed by atoms with Gasteiger partial charge in [0.25, 0.3) is 6.43 Å². The molecule has 2 aliphatic carbocycles. The van der Waals surface area contributed by atoms with Gasteiger partial charge < -0.3 is 15.4 Å². The third-order valence-electron chi connectivity index (χ3n) is 6.21. The first kappa shape index (κ1) is 26.0. The Morgan fingerprint density at radius 1 is 1.03 bits per heavy atom. The van der Waals surface area contributed by atoms with Crippen LogP contribution in [-0.4, -0.2) is 44.4 Å². The van der Waals surface area contributed by atoms with Crippen LogP contribution in [0.3, 0.4) is 0 Å². The average molecular weight is 523 g/mol. The monoisotopic (exact) mass is 522 g/mol. The number of sulfonamides is 1. The molecular weight excluding hydrogens is 494 g/mol. The zero-order valence-electron chi connectivity index (χ0n) is 19.4. The van der Waals surface area contributed by atoms with E-state index >= 15 is 0 Å². The Balaban J connectivity index is 1.42. The molecule has 194 valence electrons. The number of halogens is 2. The summed E-state index contributed by atoms with van der Waals surface area (Å²) < 4.78 is 56.0. The largest absolute Gasteiger partial charge is 0.445 e. The summed E-state index contributed by atoms with van der Waals surface area (Å²) in [5, 5.41) is 5.38. The SMILES string of the molecule is O=C(N[C@H](C(=O)Nc1ccc(S(=O)(=O)NCC(F)F)cn1)C(C1CC1)C1CC1)OCc1ccccc1. The highest BCUT2D eigenvalue weighted by Crippen LogP contribution is 2.50. The van der Waals surface area contributed by atoms with Gasteiger partial charge in [0.05, 0.1) is 6.54 Å². The number of amides is 2. The number of ether oxygens (including phenoxy) is 1. The molecule has 1 aromatic carbocycles. The van der Waals surface area contributed by atoms with Gasteiger partial charge in [0.15, 0.2) is 0 Å². The minimum atomic E-state index is -4.16. The minimum Gasteiger partial charge on any atom is -0.445 e. The van der Waals surface area contributed by atoms with Crippen LogP contribution in [0.1, 0.15) is 31.2 Å². The molecule has 12 heteroatoms. The molecule has 0 aliphatic heterocycles. The fraction of sp³-hybridized carbons (Fsp3) is 0.458. The molecule has 2 aliphatic rings. The number of rotatable bonds is 12. The molecule has 1 aromatic heterocycles. The van der Waals surface area contributed by atoms with Crippen molar-refractivity contribution in [3.05, 3.63) is 54.2 Å². The number of anilines is 1. The molecule has 0 saturated heterocycles. The number of nitrogens with zero attached hydrogens (tertiary/aromatic N) is 1. The molecular formula is C24H28F2N4O5S. The lowest BCUT2D eigenvalue weighted by Crippen LogP contribution is -2.50. The number of pyridine rings is 1. The second-order valence-corrected chi connectivity index (χ2v) is 10.8. The Morgan fingerprint density at radius 3 is 2.25 bits per heavy atom. The molecule has 2 fully saturated rings. The maximum atomic E-state index is 13.3. The third-order valence-corrected chi connectivity index (χ3v) is 7.62.